The Hall–Kier alpha value is -4.90. The highest BCUT2D eigenvalue weighted by Gasteiger charge is 2.24. The Balaban J connectivity index is 1.32. The second-order valence-corrected chi connectivity index (χ2v) is 16.5. The maximum absolute atomic E-state index is 5.86. The van der Waals surface area contributed by atoms with E-state index in [1.54, 1.807) is 0 Å². The van der Waals surface area contributed by atoms with Gasteiger partial charge in [0.05, 0.1) is 0 Å². The van der Waals surface area contributed by atoms with Gasteiger partial charge in [0, 0.05) is 41.2 Å². The van der Waals surface area contributed by atoms with Gasteiger partial charge in [-0.3, -0.25) is 0 Å². The first-order valence-electron chi connectivity index (χ1n) is 15.9. The lowest BCUT2D eigenvalue weighted by atomic mass is 10.0. The second-order valence-electron chi connectivity index (χ2n) is 12.5. The number of anilines is 6. The molecule has 0 aliphatic carbocycles. The van der Waals surface area contributed by atoms with Crippen molar-refractivity contribution in [2.75, 3.05) is 16.9 Å². The van der Waals surface area contributed by atoms with Gasteiger partial charge in [-0.05, 0) is 140 Å². The number of rotatable bonds is 9. The number of aryl methyl sites for hydroxylation is 3. The zero-order valence-corrected chi connectivity index (χ0v) is 28.7. The van der Waals surface area contributed by atoms with E-state index in [2.05, 4.69) is 189 Å². The average Bonchev–Trinajstić information content (AvgIpc) is 3.06. The van der Waals surface area contributed by atoms with Crippen LogP contribution in [0.4, 0.5) is 34.1 Å². The summed E-state index contributed by atoms with van der Waals surface area (Å²) in [6.45, 7) is 10.9. The Morgan fingerprint density at radius 2 is 0.739 bits per heavy atom. The van der Waals surface area contributed by atoms with Crippen molar-refractivity contribution < 1.29 is 4.43 Å². The number of hydrogen-bond donors (Lipinski definition) is 0. The molecule has 6 aromatic carbocycles. The second kappa shape index (κ2) is 13.2. The number of nitrogens with zero attached hydrogens (tertiary/aromatic N) is 2. The summed E-state index contributed by atoms with van der Waals surface area (Å²) in [6.07, 6.45) is 0. The predicted octanol–water partition coefficient (Wildman–Crippen LogP) is 11.3. The van der Waals surface area contributed by atoms with Crippen molar-refractivity contribution in [1.82, 2.24) is 0 Å². The van der Waals surface area contributed by atoms with Crippen molar-refractivity contribution in [3.8, 4) is 11.1 Å². The molecule has 3 nitrogen and oxygen atoms in total. The highest BCUT2D eigenvalue weighted by molar-refractivity contribution is 6.84. The largest absolute Gasteiger partial charge is 0.416 e. The average molecular weight is 619 g/mol. The van der Waals surface area contributed by atoms with Crippen LogP contribution in [-0.4, -0.2) is 15.4 Å². The van der Waals surface area contributed by atoms with E-state index in [4.69, 9.17) is 4.43 Å². The van der Waals surface area contributed by atoms with E-state index >= 15 is 0 Å². The minimum absolute atomic E-state index is 1.12. The van der Waals surface area contributed by atoms with Crippen LogP contribution in [0.2, 0.25) is 13.1 Å². The third-order valence-electron chi connectivity index (χ3n) is 8.69. The minimum Gasteiger partial charge on any atom is -0.416 e. The van der Waals surface area contributed by atoms with Gasteiger partial charge in [-0.25, -0.2) is 0 Å². The van der Waals surface area contributed by atoms with E-state index < -0.39 is 8.32 Å². The quantitative estimate of drug-likeness (QED) is 0.150. The normalized spacial score (nSPS) is 11.3. The van der Waals surface area contributed by atoms with E-state index in [0.29, 0.717) is 0 Å². The Labute approximate surface area is 275 Å². The molecule has 46 heavy (non-hydrogen) atoms. The van der Waals surface area contributed by atoms with Crippen molar-refractivity contribution in [3.63, 3.8) is 0 Å². The van der Waals surface area contributed by atoms with Crippen LogP contribution in [0.5, 0.6) is 0 Å². The Bertz CT molecular complexity index is 1880. The molecule has 0 N–H and O–H groups in total. The fourth-order valence-corrected chi connectivity index (χ4v) is 7.14. The molecule has 0 spiro atoms. The van der Waals surface area contributed by atoms with Crippen molar-refractivity contribution in [2.45, 2.75) is 33.9 Å². The van der Waals surface area contributed by atoms with E-state index in [-0.39, 0.29) is 0 Å². The predicted molar refractivity (Wildman–Crippen MR) is 200 cm³/mol. The first-order chi connectivity index (χ1) is 22.2. The zero-order valence-electron chi connectivity index (χ0n) is 27.7. The van der Waals surface area contributed by atoms with E-state index in [1.165, 1.54) is 33.0 Å². The molecule has 6 rings (SSSR count). The van der Waals surface area contributed by atoms with Crippen LogP contribution in [0.3, 0.4) is 0 Å². The molecule has 0 atom stereocenters. The topological polar surface area (TPSA) is 15.7 Å². The Morgan fingerprint density at radius 3 is 1.07 bits per heavy atom. The summed E-state index contributed by atoms with van der Waals surface area (Å²) in [5, 5.41) is 1.28. The summed E-state index contributed by atoms with van der Waals surface area (Å²) in [5.74, 6) is 0. The lowest BCUT2D eigenvalue weighted by molar-refractivity contribution is 0.416. The summed E-state index contributed by atoms with van der Waals surface area (Å²) < 4.78 is 5.86. The Morgan fingerprint density at radius 1 is 0.413 bits per heavy atom. The van der Waals surface area contributed by atoms with Crippen molar-refractivity contribution in [1.29, 1.82) is 0 Å². The molecule has 0 saturated heterocycles. The maximum atomic E-state index is 5.86. The Kier molecular flexibility index (Phi) is 8.93. The van der Waals surface area contributed by atoms with Crippen LogP contribution >= 0.6 is 0 Å². The smallest absolute Gasteiger partial charge is 0.217 e. The molecule has 0 aliphatic heterocycles. The van der Waals surface area contributed by atoms with Gasteiger partial charge in [0.2, 0.25) is 8.32 Å². The highest BCUT2D eigenvalue weighted by Crippen LogP contribution is 2.38. The summed E-state index contributed by atoms with van der Waals surface area (Å²) in [7, 11) is -0.0824. The van der Waals surface area contributed by atoms with Crippen molar-refractivity contribution in [2.24, 2.45) is 0 Å². The maximum Gasteiger partial charge on any atom is 0.217 e. The first-order valence-corrected chi connectivity index (χ1v) is 18.8. The first kappa shape index (κ1) is 31.1. The van der Waals surface area contributed by atoms with E-state index in [1.807, 2.05) is 7.11 Å². The highest BCUT2D eigenvalue weighted by atomic mass is 28.4. The lowest BCUT2D eigenvalue weighted by Gasteiger charge is -2.27. The van der Waals surface area contributed by atoms with Gasteiger partial charge in [0.25, 0.3) is 0 Å². The van der Waals surface area contributed by atoms with Gasteiger partial charge in [-0.15, -0.1) is 0 Å². The van der Waals surface area contributed by atoms with Gasteiger partial charge in [0.15, 0.2) is 0 Å². The molecular weight excluding hydrogens is 577 g/mol. The summed E-state index contributed by atoms with van der Waals surface area (Å²) in [6, 6.07) is 52.7. The molecular formula is C42H42N2OSi. The van der Waals surface area contributed by atoms with Gasteiger partial charge in [0.1, 0.15) is 0 Å². The summed E-state index contributed by atoms with van der Waals surface area (Å²) in [4.78, 5) is 4.65. The number of benzene rings is 6. The third-order valence-corrected chi connectivity index (χ3v) is 11.4. The minimum atomic E-state index is -1.90. The van der Waals surface area contributed by atoms with Crippen LogP contribution < -0.4 is 15.0 Å². The summed E-state index contributed by atoms with van der Waals surface area (Å²) >= 11 is 0. The van der Waals surface area contributed by atoms with Gasteiger partial charge < -0.3 is 14.2 Å². The van der Waals surface area contributed by atoms with Crippen LogP contribution in [-0.2, 0) is 4.43 Å². The molecule has 4 heteroatoms. The third kappa shape index (κ3) is 6.69. The molecule has 6 aromatic rings. The molecule has 0 heterocycles. The van der Waals surface area contributed by atoms with E-state index in [0.717, 1.165) is 34.1 Å². The van der Waals surface area contributed by atoms with Crippen molar-refractivity contribution in [3.05, 3.63) is 162 Å². The molecule has 0 amide bonds. The van der Waals surface area contributed by atoms with Crippen molar-refractivity contribution >= 4 is 47.6 Å². The molecule has 0 aromatic heterocycles. The lowest BCUT2D eigenvalue weighted by Crippen LogP contribution is -2.43. The molecule has 230 valence electrons. The van der Waals surface area contributed by atoms with Crippen LogP contribution in [0, 0.1) is 20.8 Å². The van der Waals surface area contributed by atoms with Gasteiger partial charge in [-0.1, -0.05) is 72.8 Å². The molecule has 0 bridgehead atoms. The van der Waals surface area contributed by atoms with E-state index in [9.17, 15) is 0 Å². The zero-order chi connectivity index (χ0) is 32.3. The molecule has 0 unspecified atom stereocenters. The van der Waals surface area contributed by atoms with Crippen LogP contribution in [0.1, 0.15) is 16.7 Å². The van der Waals surface area contributed by atoms with Crippen LogP contribution in [0.15, 0.2) is 146 Å². The molecule has 0 radical (unpaired) electrons. The van der Waals surface area contributed by atoms with Gasteiger partial charge >= 0.3 is 0 Å². The molecule has 0 saturated carbocycles. The fraction of sp³-hybridized carbons (Fsp3) is 0.143. The molecule has 0 fully saturated rings. The fourth-order valence-electron chi connectivity index (χ4n) is 5.93. The SMILES string of the molecule is CO[Si](C)(C)c1ccc(N(c2ccc(-c3ccc(N(c4cccc(C)c4)c4cccc(C)c4)cc3)cc2)c2cccc(C)c2)cc1. The van der Waals surface area contributed by atoms with Gasteiger partial charge in [-0.2, -0.15) is 0 Å². The molecule has 0 aliphatic rings. The summed E-state index contributed by atoms with van der Waals surface area (Å²) in [5.41, 5.74) is 12.9. The standard InChI is InChI=1S/C42H42N2OSi/c1-31-10-7-13-39(28-31)43(38-24-26-42(27-25-38)46(5,6)45-4)36-20-16-34(17-21-36)35-18-22-37(23-19-35)44(40-14-8-11-32(2)29-40)41-15-9-12-33(3)30-41/h7-30H,1-6H3. The number of hydrogen-bond acceptors (Lipinski definition) is 3. The monoisotopic (exact) mass is 618 g/mol. The van der Waals surface area contributed by atoms with Crippen LogP contribution in [0.25, 0.3) is 11.1 Å².